The summed E-state index contributed by atoms with van der Waals surface area (Å²) in [6.07, 6.45) is 1.57. The van der Waals surface area contributed by atoms with Crippen LogP contribution >= 0.6 is 0 Å². The smallest absolute Gasteiger partial charge is 0.241 e. The van der Waals surface area contributed by atoms with Gasteiger partial charge in [-0.3, -0.25) is 0 Å². The van der Waals surface area contributed by atoms with E-state index in [-0.39, 0.29) is 23.6 Å². The number of hydrogen-bond acceptors (Lipinski definition) is 4. The van der Waals surface area contributed by atoms with Crippen LogP contribution in [-0.2, 0) is 14.8 Å². The maximum atomic E-state index is 12.5. The summed E-state index contributed by atoms with van der Waals surface area (Å²) in [5.74, 6) is 5.58. The molecule has 5 nitrogen and oxygen atoms in total. The molecule has 0 radical (unpaired) electrons. The molecule has 0 saturated heterocycles. The zero-order valence-corrected chi connectivity index (χ0v) is 13.0. The summed E-state index contributed by atoms with van der Waals surface area (Å²) < 4.78 is 32.8. The van der Waals surface area contributed by atoms with E-state index in [9.17, 15) is 8.42 Å². The first kappa shape index (κ1) is 16.0. The second kappa shape index (κ2) is 6.58. The molecule has 3 N–H and O–H groups in total. The van der Waals surface area contributed by atoms with Crippen LogP contribution in [0.15, 0.2) is 23.1 Å². The Bertz CT molecular complexity index is 668. The highest BCUT2D eigenvalue weighted by molar-refractivity contribution is 7.89. The average Bonchev–Trinajstić information content (AvgIpc) is 2.41. The molecule has 21 heavy (non-hydrogen) atoms. The van der Waals surface area contributed by atoms with Gasteiger partial charge in [0.1, 0.15) is 0 Å². The van der Waals surface area contributed by atoms with Gasteiger partial charge in [-0.25, -0.2) is 13.1 Å². The zero-order chi connectivity index (χ0) is 15.5. The SMILES string of the molecule is COC1CC(NS(=O)(=O)c2cc(C#CCN)ccc2C)C1. The van der Waals surface area contributed by atoms with Gasteiger partial charge in [-0.2, -0.15) is 0 Å². The Labute approximate surface area is 125 Å². The third-order valence-electron chi connectivity index (χ3n) is 3.56. The van der Waals surface area contributed by atoms with Gasteiger partial charge in [0.2, 0.25) is 10.0 Å². The molecule has 1 aromatic rings. The molecule has 1 fully saturated rings. The van der Waals surface area contributed by atoms with Gasteiger partial charge in [0.25, 0.3) is 0 Å². The molecular formula is C15H20N2O3S. The number of aryl methyl sites for hydroxylation is 1. The fraction of sp³-hybridized carbons (Fsp3) is 0.467. The van der Waals surface area contributed by atoms with Crippen molar-refractivity contribution in [2.75, 3.05) is 13.7 Å². The molecule has 0 heterocycles. The molecule has 0 aliphatic heterocycles. The summed E-state index contributed by atoms with van der Waals surface area (Å²) in [7, 11) is -1.90. The number of nitrogens with two attached hydrogens (primary N) is 1. The van der Waals surface area contributed by atoms with Crippen LogP contribution < -0.4 is 10.5 Å². The quantitative estimate of drug-likeness (QED) is 0.805. The number of benzene rings is 1. The summed E-state index contributed by atoms with van der Waals surface area (Å²) >= 11 is 0. The van der Waals surface area contributed by atoms with E-state index < -0.39 is 10.0 Å². The van der Waals surface area contributed by atoms with Gasteiger partial charge in [0, 0.05) is 18.7 Å². The fourth-order valence-electron chi connectivity index (χ4n) is 2.26. The highest BCUT2D eigenvalue weighted by atomic mass is 32.2. The molecule has 1 aromatic carbocycles. The van der Waals surface area contributed by atoms with E-state index in [1.54, 1.807) is 32.2 Å². The predicted molar refractivity (Wildman–Crippen MR) is 81.3 cm³/mol. The summed E-state index contributed by atoms with van der Waals surface area (Å²) in [6, 6.07) is 5.08. The third-order valence-corrected chi connectivity index (χ3v) is 5.22. The molecule has 0 spiro atoms. The minimum absolute atomic E-state index is 0.0573. The molecule has 0 aromatic heterocycles. The summed E-state index contributed by atoms with van der Waals surface area (Å²) in [5.41, 5.74) is 6.68. The molecular weight excluding hydrogens is 288 g/mol. The van der Waals surface area contributed by atoms with Crippen LogP contribution in [0.3, 0.4) is 0 Å². The van der Waals surface area contributed by atoms with E-state index in [0.717, 1.165) is 0 Å². The molecule has 0 amide bonds. The maximum absolute atomic E-state index is 12.5. The Morgan fingerprint density at radius 1 is 1.43 bits per heavy atom. The van der Waals surface area contributed by atoms with Crippen LogP contribution in [0.4, 0.5) is 0 Å². The van der Waals surface area contributed by atoms with E-state index in [1.807, 2.05) is 0 Å². The van der Waals surface area contributed by atoms with E-state index >= 15 is 0 Å². The van der Waals surface area contributed by atoms with Gasteiger partial charge in [-0.15, -0.1) is 0 Å². The summed E-state index contributed by atoms with van der Waals surface area (Å²) in [4.78, 5) is 0.271. The van der Waals surface area contributed by atoms with Crippen molar-refractivity contribution in [1.82, 2.24) is 4.72 Å². The Hall–Kier alpha value is -1.39. The number of sulfonamides is 1. The first-order valence-corrected chi connectivity index (χ1v) is 8.29. The predicted octanol–water partition coefficient (Wildman–Crippen LogP) is 0.761. The standard InChI is InChI=1S/C15H20N2O3S/c1-11-5-6-12(4-3-7-16)8-15(11)21(18,19)17-13-9-14(10-13)20-2/h5-6,8,13-14,17H,7,9-10,16H2,1-2H3. The van der Waals surface area contributed by atoms with Crippen molar-refractivity contribution < 1.29 is 13.2 Å². The zero-order valence-electron chi connectivity index (χ0n) is 12.2. The number of rotatable bonds is 4. The largest absolute Gasteiger partial charge is 0.381 e. The summed E-state index contributed by atoms with van der Waals surface area (Å²) in [6.45, 7) is 2.02. The minimum atomic E-state index is -3.53. The van der Waals surface area contributed by atoms with Crippen LogP contribution in [0.25, 0.3) is 0 Å². The van der Waals surface area contributed by atoms with Gasteiger partial charge in [0.15, 0.2) is 0 Å². The molecule has 0 bridgehead atoms. The van der Waals surface area contributed by atoms with E-state index in [1.165, 1.54) is 0 Å². The molecule has 114 valence electrons. The van der Waals surface area contributed by atoms with Crippen molar-refractivity contribution in [3.8, 4) is 11.8 Å². The highest BCUT2D eigenvalue weighted by Crippen LogP contribution is 2.25. The summed E-state index contributed by atoms with van der Waals surface area (Å²) in [5, 5.41) is 0. The normalized spacial score (nSPS) is 21.3. The van der Waals surface area contributed by atoms with Gasteiger partial charge in [0.05, 0.1) is 17.5 Å². The average molecular weight is 308 g/mol. The van der Waals surface area contributed by atoms with E-state index in [2.05, 4.69) is 16.6 Å². The van der Waals surface area contributed by atoms with Gasteiger partial charge < -0.3 is 10.5 Å². The lowest BCUT2D eigenvalue weighted by Crippen LogP contribution is -2.47. The van der Waals surface area contributed by atoms with Crippen LogP contribution in [-0.4, -0.2) is 34.2 Å². The van der Waals surface area contributed by atoms with Gasteiger partial charge in [-0.1, -0.05) is 17.9 Å². The first-order valence-electron chi connectivity index (χ1n) is 6.81. The second-order valence-electron chi connectivity index (χ2n) is 5.13. The Morgan fingerprint density at radius 2 is 2.14 bits per heavy atom. The molecule has 2 rings (SSSR count). The van der Waals surface area contributed by atoms with Gasteiger partial charge >= 0.3 is 0 Å². The lowest BCUT2D eigenvalue weighted by Gasteiger charge is -2.34. The van der Waals surface area contributed by atoms with Crippen molar-refractivity contribution in [2.24, 2.45) is 5.73 Å². The number of hydrogen-bond donors (Lipinski definition) is 2. The lowest BCUT2D eigenvalue weighted by atomic mass is 9.90. The van der Waals surface area contributed by atoms with Crippen molar-refractivity contribution in [3.05, 3.63) is 29.3 Å². The van der Waals surface area contributed by atoms with Crippen molar-refractivity contribution in [3.63, 3.8) is 0 Å². The first-order chi connectivity index (χ1) is 9.96. The van der Waals surface area contributed by atoms with Gasteiger partial charge in [-0.05, 0) is 37.5 Å². The molecule has 1 aliphatic rings. The van der Waals surface area contributed by atoms with Crippen molar-refractivity contribution >= 4 is 10.0 Å². The molecule has 0 atom stereocenters. The number of ether oxygens (including phenoxy) is 1. The number of nitrogens with one attached hydrogen (secondary N) is 1. The lowest BCUT2D eigenvalue weighted by molar-refractivity contribution is 0.0236. The fourth-order valence-corrected chi connectivity index (χ4v) is 3.79. The molecule has 0 unspecified atom stereocenters. The Kier molecular flexibility index (Phi) is 5.01. The highest BCUT2D eigenvalue weighted by Gasteiger charge is 2.33. The molecule has 1 aliphatic carbocycles. The molecule has 6 heteroatoms. The van der Waals surface area contributed by atoms with Crippen LogP contribution in [0.1, 0.15) is 24.0 Å². The topological polar surface area (TPSA) is 81.4 Å². The monoisotopic (exact) mass is 308 g/mol. The van der Waals surface area contributed by atoms with Crippen LogP contribution in [0.5, 0.6) is 0 Å². The Balaban J connectivity index is 2.19. The van der Waals surface area contributed by atoms with E-state index in [4.69, 9.17) is 10.5 Å². The third kappa shape index (κ3) is 3.83. The molecule has 1 saturated carbocycles. The Morgan fingerprint density at radius 3 is 2.76 bits per heavy atom. The van der Waals surface area contributed by atoms with Crippen molar-refractivity contribution in [2.45, 2.75) is 36.8 Å². The van der Waals surface area contributed by atoms with Crippen LogP contribution in [0, 0.1) is 18.8 Å². The van der Waals surface area contributed by atoms with Crippen molar-refractivity contribution in [1.29, 1.82) is 0 Å². The number of methoxy groups -OCH3 is 1. The maximum Gasteiger partial charge on any atom is 0.241 e. The second-order valence-corrected chi connectivity index (χ2v) is 6.82. The van der Waals surface area contributed by atoms with E-state index in [0.29, 0.717) is 24.0 Å². The minimum Gasteiger partial charge on any atom is -0.381 e. The van der Waals surface area contributed by atoms with Crippen LogP contribution in [0.2, 0.25) is 0 Å².